The Morgan fingerprint density at radius 3 is 2.55 bits per heavy atom. The fourth-order valence-corrected chi connectivity index (χ4v) is 3.14. The molecule has 1 amide bonds. The largest absolute Gasteiger partial charge is 0.416 e. The number of alkyl halides is 3. The zero-order valence-corrected chi connectivity index (χ0v) is 12.6. The SMILES string of the molecule is CNCC(=O)NCC1(c2cccc(C(F)(F)F)c2)CCCC1. The van der Waals surface area contributed by atoms with Gasteiger partial charge in [-0.2, -0.15) is 13.2 Å². The zero-order valence-electron chi connectivity index (χ0n) is 12.6. The molecule has 6 heteroatoms. The Morgan fingerprint density at radius 2 is 1.95 bits per heavy atom. The maximum atomic E-state index is 12.9. The van der Waals surface area contributed by atoms with Crippen LogP contribution in [0, 0.1) is 0 Å². The van der Waals surface area contributed by atoms with Crippen molar-refractivity contribution in [2.75, 3.05) is 20.1 Å². The highest BCUT2D eigenvalue weighted by atomic mass is 19.4. The van der Waals surface area contributed by atoms with E-state index in [0.29, 0.717) is 12.1 Å². The van der Waals surface area contributed by atoms with Crippen LogP contribution in [-0.4, -0.2) is 26.0 Å². The van der Waals surface area contributed by atoms with Gasteiger partial charge in [-0.05, 0) is 31.5 Å². The van der Waals surface area contributed by atoms with Crippen molar-refractivity contribution in [3.63, 3.8) is 0 Å². The first-order valence-electron chi connectivity index (χ1n) is 7.46. The van der Waals surface area contributed by atoms with Crippen LogP contribution >= 0.6 is 0 Å². The number of benzene rings is 1. The molecule has 1 saturated carbocycles. The van der Waals surface area contributed by atoms with Crippen LogP contribution in [0.1, 0.15) is 36.8 Å². The van der Waals surface area contributed by atoms with Gasteiger partial charge in [0.25, 0.3) is 0 Å². The first-order valence-corrected chi connectivity index (χ1v) is 7.46. The second kappa shape index (κ2) is 6.69. The molecule has 2 rings (SSSR count). The number of rotatable bonds is 5. The molecular formula is C16H21F3N2O. The molecule has 0 atom stereocenters. The lowest BCUT2D eigenvalue weighted by molar-refractivity contribution is -0.137. The maximum absolute atomic E-state index is 12.9. The number of carbonyl (C=O) groups excluding carboxylic acids is 1. The van der Waals surface area contributed by atoms with Gasteiger partial charge >= 0.3 is 6.18 Å². The first-order chi connectivity index (χ1) is 10.4. The maximum Gasteiger partial charge on any atom is 0.416 e. The van der Waals surface area contributed by atoms with Gasteiger partial charge in [-0.3, -0.25) is 4.79 Å². The van der Waals surface area contributed by atoms with Gasteiger partial charge in [0.2, 0.25) is 5.91 Å². The Morgan fingerprint density at radius 1 is 1.27 bits per heavy atom. The minimum atomic E-state index is -4.34. The molecule has 3 nitrogen and oxygen atoms in total. The minimum Gasteiger partial charge on any atom is -0.354 e. The molecule has 0 heterocycles. The molecule has 0 saturated heterocycles. The number of carbonyl (C=O) groups is 1. The van der Waals surface area contributed by atoms with Crippen molar-refractivity contribution in [2.24, 2.45) is 0 Å². The molecule has 122 valence electrons. The summed E-state index contributed by atoms with van der Waals surface area (Å²) in [6.45, 7) is 0.591. The second-order valence-electron chi connectivity index (χ2n) is 5.87. The van der Waals surface area contributed by atoms with Gasteiger partial charge in [0.15, 0.2) is 0 Å². The van der Waals surface area contributed by atoms with E-state index in [1.807, 2.05) is 0 Å². The molecular weight excluding hydrogens is 293 g/mol. The Kier molecular flexibility index (Phi) is 5.11. The van der Waals surface area contributed by atoms with Gasteiger partial charge in [-0.15, -0.1) is 0 Å². The number of hydrogen-bond donors (Lipinski definition) is 2. The highest BCUT2D eigenvalue weighted by molar-refractivity contribution is 5.78. The predicted molar refractivity (Wildman–Crippen MR) is 78.5 cm³/mol. The first kappa shape index (κ1) is 16.8. The molecule has 0 aromatic heterocycles. The minimum absolute atomic E-state index is 0.138. The summed E-state index contributed by atoms with van der Waals surface area (Å²) in [4.78, 5) is 11.6. The van der Waals surface area contributed by atoms with E-state index in [2.05, 4.69) is 10.6 Å². The number of likely N-dealkylation sites (N-methyl/N-ethyl adjacent to an activating group) is 1. The molecule has 22 heavy (non-hydrogen) atoms. The lowest BCUT2D eigenvalue weighted by atomic mass is 9.78. The molecule has 1 aromatic carbocycles. The van der Waals surface area contributed by atoms with E-state index in [-0.39, 0.29) is 17.9 Å². The van der Waals surface area contributed by atoms with Gasteiger partial charge in [-0.25, -0.2) is 0 Å². The Hall–Kier alpha value is -1.56. The summed E-state index contributed by atoms with van der Waals surface area (Å²) in [5, 5.41) is 5.60. The molecule has 1 aliphatic carbocycles. The summed E-state index contributed by atoms with van der Waals surface area (Å²) in [5.41, 5.74) is -0.340. The third-order valence-corrected chi connectivity index (χ3v) is 4.32. The van der Waals surface area contributed by atoms with Crippen LogP contribution in [0.15, 0.2) is 24.3 Å². The second-order valence-corrected chi connectivity index (χ2v) is 5.87. The fraction of sp³-hybridized carbons (Fsp3) is 0.562. The Balaban J connectivity index is 2.22. The van der Waals surface area contributed by atoms with Crippen LogP contribution in [0.4, 0.5) is 13.2 Å². The number of hydrogen-bond acceptors (Lipinski definition) is 2. The summed E-state index contributed by atoms with van der Waals surface area (Å²) < 4.78 is 38.7. The van der Waals surface area contributed by atoms with Crippen molar-refractivity contribution in [1.82, 2.24) is 10.6 Å². The van der Waals surface area contributed by atoms with Gasteiger partial charge in [0.1, 0.15) is 0 Å². The van der Waals surface area contributed by atoms with E-state index in [4.69, 9.17) is 0 Å². The summed E-state index contributed by atoms with van der Waals surface area (Å²) in [5.74, 6) is -0.138. The van der Waals surface area contributed by atoms with Crippen molar-refractivity contribution >= 4 is 5.91 Å². The zero-order chi connectivity index (χ0) is 16.2. The Labute approximate surface area is 128 Å². The van der Waals surface area contributed by atoms with Crippen molar-refractivity contribution in [1.29, 1.82) is 0 Å². The molecule has 1 aliphatic rings. The quantitative estimate of drug-likeness (QED) is 0.877. The van der Waals surface area contributed by atoms with Crippen LogP contribution in [0.5, 0.6) is 0 Å². The molecule has 0 aliphatic heterocycles. The van der Waals surface area contributed by atoms with Gasteiger partial charge < -0.3 is 10.6 Å². The molecule has 1 fully saturated rings. The lowest BCUT2D eigenvalue weighted by Gasteiger charge is -2.30. The predicted octanol–water partition coefficient (Wildman–Crippen LogP) is 2.85. The van der Waals surface area contributed by atoms with E-state index in [1.165, 1.54) is 12.1 Å². The van der Waals surface area contributed by atoms with Gasteiger partial charge in [-0.1, -0.05) is 31.0 Å². The molecule has 0 spiro atoms. The number of nitrogens with one attached hydrogen (secondary N) is 2. The van der Waals surface area contributed by atoms with Crippen molar-refractivity contribution < 1.29 is 18.0 Å². The van der Waals surface area contributed by atoms with E-state index in [0.717, 1.165) is 31.7 Å². The molecule has 0 bridgehead atoms. The van der Waals surface area contributed by atoms with E-state index < -0.39 is 11.7 Å². The van der Waals surface area contributed by atoms with Crippen molar-refractivity contribution in [3.05, 3.63) is 35.4 Å². The van der Waals surface area contributed by atoms with Crippen LogP contribution in [0.2, 0.25) is 0 Å². The van der Waals surface area contributed by atoms with E-state index in [1.54, 1.807) is 13.1 Å². The lowest BCUT2D eigenvalue weighted by Crippen LogP contribution is -2.42. The summed E-state index contributed by atoms with van der Waals surface area (Å²) in [7, 11) is 1.68. The highest BCUT2D eigenvalue weighted by Gasteiger charge is 2.38. The van der Waals surface area contributed by atoms with Crippen molar-refractivity contribution in [3.8, 4) is 0 Å². The fourth-order valence-electron chi connectivity index (χ4n) is 3.14. The average Bonchev–Trinajstić information content (AvgIpc) is 2.95. The van der Waals surface area contributed by atoms with Gasteiger partial charge in [0.05, 0.1) is 12.1 Å². The third kappa shape index (κ3) is 3.80. The van der Waals surface area contributed by atoms with E-state index >= 15 is 0 Å². The van der Waals surface area contributed by atoms with Crippen LogP contribution < -0.4 is 10.6 Å². The topological polar surface area (TPSA) is 41.1 Å². The summed E-state index contributed by atoms with van der Waals surface area (Å²) >= 11 is 0. The third-order valence-electron chi connectivity index (χ3n) is 4.32. The van der Waals surface area contributed by atoms with Crippen molar-refractivity contribution in [2.45, 2.75) is 37.3 Å². The van der Waals surface area contributed by atoms with Crippen LogP contribution in [-0.2, 0) is 16.4 Å². The van der Waals surface area contributed by atoms with Crippen LogP contribution in [0.3, 0.4) is 0 Å². The number of amides is 1. The molecule has 2 N–H and O–H groups in total. The smallest absolute Gasteiger partial charge is 0.354 e. The Bertz CT molecular complexity index is 522. The summed E-state index contributed by atoms with van der Waals surface area (Å²) in [6, 6.07) is 5.51. The normalized spacial score (nSPS) is 17.5. The standard InChI is InChI=1S/C16H21F3N2O/c1-20-10-14(22)21-11-15(7-2-3-8-15)12-5-4-6-13(9-12)16(17,18)19/h4-6,9,20H,2-3,7-8,10-11H2,1H3,(H,21,22). The molecule has 0 unspecified atom stereocenters. The molecule has 1 aromatic rings. The summed E-state index contributed by atoms with van der Waals surface area (Å²) in [6.07, 6.45) is -0.802. The monoisotopic (exact) mass is 314 g/mol. The van der Waals surface area contributed by atoms with Gasteiger partial charge in [0, 0.05) is 12.0 Å². The number of halogens is 3. The van der Waals surface area contributed by atoms with Crippen LogP contribution in [0.25, 0.3) is 0 Å². The average molecular weight is 314 g/mol. The van der Waals surface area contributed by atoms with E-state index in [9.17, 15) is 18.0 Å². The highest BCUT2D eigenvalue weighted by Crippen LogP contribution is 2.42. The molecule has 0 radical (unpaired) electrons.